The molecule has 0 saturated carbocycles. The van der Waals surface area contributed by atoms with Crippen molar-refractivity contribution in [2.24, 2.45) is 5.73 Å². The summed E-state index contributed by atoms with van der Waals surface area (Å²) in [6.45, 7) is 2.83. The molecular weight excluding hydrogens is 272 g/mol. The van der Waals surface area contributed by atoms with Crippen LogP contribution in [-0.4, -0.2) is 16.2 Å². The van der Waals surface area contributed by atoms with E-state index in [0.717, 1.165) is 16.9 Å². The molecule has 104 valence electrons. The van der Waals surface area contributed by atoms with Crippen molar-refractivity contribution in [3.05, 3.63) is 64.1 Å². The molecule has 0 aliphatic carbocycles. The van der Waals surface area contributed by atoms with Crippen molar-refractivity contribution in [1.29, 1.82) is 0 Å². The Hall–Kier alpha value is -2.14. The zero-order valence-corrected chi connectivity index (χ0v) is 12.0. The number of aromatic nitrogens is 1. The molecule has 2 rings (SSSR count). The van der Waals surface area contributed by atoms with Gasteiger partial charge in [-0.25, -0.2) is 0 Å². The van der Waals surface area contributed by atoms with Crippen LogP contribution in [0.1, 0.15) is 11.1 Å². The third-order valence-electron chi connectivity index (χ3n) is 2.89. The van der Waals surface area contributed by atoms with Crippen LogP contribution < -0.4 is 16.0 Å². The highest BCUT2D eigenvalue weighted by Crippen LogP contribution is 2.12. The van der Waals surface area contributed by atoms with Crippen molar-refractivity contribution in [1.82, 2.24) is 4.57 Å². The number of ether oxygens (including phenoxy) is 1. The standard InChI is InChI=1S/C15H16N2O2S/c1-11-6-7-17(14(18)10-11)8-9-19-13-4-2-12(3-5-13)15(16)20/h2-7,10H,8-9H2,1H3,(H2,16,20). The Morgan fingerprint density at radius 3 is 2.60 bits per heavy atom. The van der Waals surface area contributed by atoms with Crippen molar-refractivity contribution >= 4 is 17.2 Å². The number of hydrogen-bond acceptors (Lipinski definition) is 3. The van der Waals surface area contributed by atoms with Crippen LogP contribution in [-0.2, 0) is 6.54 Å². The maximum Gasteiger partial charge on any atom is 0.250 e. The molecule has 1 aromatic carbocycles. The van der Waals surface area contributed by atoms with E-state index in [1.54, 1.807) is 16.8 Å². The van der Waals surface area contributed by atoms with Crippen molar-refractivity contribution in [2.75, 3.05) is 6.61 Å². The molecule has 0 aliphatic heterocycles. The molecule has 0 aliphatic rings. The molecule has 0 fully saturated rings. The first-order valence-electron chi connectivity index (χ1n) is 6.26. The first-order valence-corrected chi connectivity index (χ1v) is 6.67. The minimum Gasteiger partial charge on any atom is -0.492 e. The van der Waals surface area contributed by atoms with Gasteiger partial charge in [-0.05, 0) is 42.8 Å². The van der Waals surface area contributed by atoms with Crippen LogP contribution >= 0.6 is 12.2 Å². The van der Waals surface area contributed by atoms with E-state index in [4.69, 9.17) is 22.7 Å². The molecule has 0 radical (unpaired) electrons. The predicted octanol–water partition coefficient (Wildman–Crippen LogP) is 1.87. The third kappa shape index (κ3) is 3.68. The van der Waals surface area contributed by atoms with E-state index in [0.29, 0.717) is 18.1 Å². The van der Waals surface area contributed by atoms with E-state index >= 15 is 0 Å². The Labute approximate surface area is 122 Å². The monoisotopic (exact) mass is 288 g/mol. The molecule has 1 aromatic heterocycles. The maximum atomic E-state index is 11.7. The summed E-state index contributed by atoms with van der Waals surface area (Å²) in [4.78, 5) is 12.0. The van der Waals surface area contributed by atoms with Crippen molar-refractivity contribution in [3.8, 4) is 5.75 Å². The molecule has 0 spiro atoms. The predicted molar refractivity (Wildman–Crippen MR) is 83.3 cm³/mol. The van der Waals surface area contributed by atoms with Crippen molar-refractivity contribution in [3.63, 3.8) is 0 Å². The minimum atomic E-state index is -0.0163. The van der Waals surface area contributed by atoms with Gasteiger partial charge in [0.15, 0.2) is 0 Å². The number of hydrogen-bond donors (Lipinski definition) is 1. The molecule has 2 aromatic rings. The summed E-state index contributed by atoms with van der Waals surface area (Å²) in [6.07, 6.45) is 1.77. The first kappa shape index (κ1) is 14.3. The SMILES string of the molecule is Cc1ccn(CCOc2ccc(C(N)=S)cc2)c(=O)c1. The molecule has 0 bridgehead atoms. The molecular formula is C15H16N2O2S. The fourth-order valence-corrected chi connectivity index (χ4v) is 1.90. The normalized spacial score (nSPS) is 10.2. The van der Waals surface area contributed by atoms with Gasteiger partial charge in [0.1, 0.15) is 17.3 Å². The van der Waals surface area contributed by atoms with Crippen LogP contribution in [0.25, 0.3) is 0 Å². The summed E-state index contributed by atoms with van der Waals surface area (Å²) in [7, 11) is 0. The lowest BCUT2D eigenvalue weighted by Crippen LogP contribution is -2.22. The van der Waals surface area contributed by atoms with Gasteiger partial charge in [-0.3, -0.25) is 4.79 Å². The smallest absolute Gasteiger partial charge is 0.250 e. The van der Waals surface area contributed by atoms with Crippen molar-refractivity contribution in [2.45, 2.75) is 13.5 Å². The molecule has 4 nitrogen and oxygen atoms in total. The summed E-state index contributed by atoms with van der Waals surface area (Å²) in [5.41, 5.74) is 7.27. The molecule has 20 heavy (non-hydrogen) atoms. The van der Waals surface area contributed by atoms with Gasteiger partial charge in [0.25, 0.3) is 5.56 Å². The second kappa shape index (κ2) is 6.34. The molecule has 0 saturated heterocycles. The lowest BCUT2D eigenvalue weighted by Gasteiger charge is -2.09. The quantitative estimate of drug-likeness (QED) is 0.853. The number of rotatable bonds is 5. The highest BCUT2D eigenvalue weighted by molar-refractivity contribution is 7.80. The van der Waals surface area contributed by atoms with Crippen LogP contribution in [0.5, 0.6) is 5.75 Å². The van der Waals surface area contributed by atoms with Gasteiger partial charge in [0.05, 0.1) is 6.54 Å². The number of thiocarbonyl (C=S) groups is 1. The van der Waals surface area contributed by atoms with Crippen molar-refractivity contribution < 1.29 is 4.74 Å². The van der Waals surface area contributed by atoms with Gasteiger partial charge in [0.2, 0.25) is 0 Å². The summed E-state index contributed by atoms with van der Waals surface area (Å²) in [5, 5.41) is 0. The van der Waals surface area contributed by atoms with E-state index in [1.807, 2.05) is 37.3 Å². The molecule has 0 amide bonds. The zero-order chi connectivity index (χ0) is 14.5. The number of aryl methyl sites for hydroxylation is 1. The summed E-state index contributed by atoms with van der Waals surface area (Å²) in [6, 6.07) is 10.8. The second-order valence-corrected chi connectivity index (χ2v) is 4.91. The van der Waals surface area contributed by atoms with E-state index in [-0.39, 0.29) is 5.56 Å². The van der Waals surface area contributed by atoms with Gasteiger partial charge in [-0.1, -0.05) is 12.2 Å². The average molecular weight is 288 g/mol. The summed E-state index contributed by atoms with van der Waals surface area (Å²) >= 11 is 4.88. The van der Waals surface area contributed by atoms with Crippen LogP contribution in [0.2, 0.25) is 0 Å². The molecule has 2 N–H and O–H groups in total. The number of nitrogens with two attached hydrogens (primary N) is 1. The van der Waals surface area contributed by atoms with E-state index in [2.05, 4.69) is 0 Å². The van der Waals surface area contributed by atoms with Crippen LogP contribution in [0.3, 0.4) is 0 Å². The number of benzene rings is 1. The second-order valence-electron chi connectivity index (χ2n) is 4.47. The van der Waals surface area contributed by atoms with E-state index in [1.165, 1.54) is 0 Å². The third-order valence-corrected chi connectivity index (χ3v) is 3.13. The van der Waals surface area contributed by atoms with Gasteiger partial charge >= 0.3 is 0 Å². The minimum absolute atomic E-state index is 0.0163. The van der Waals surface area contributed by atoms with Gasteiger partial charge in [-0.15, -0.1) is 0 Å². The number of nitrogens with zero attached hydrogens (tertiary/aromatic N) is 1. The van der Waals surface area contributed by atoms with E-state index < -0.39 is 0 Å². The summed E-state index contributed by atoms with van der Waals surface area (Å²) < 4.78 is 7.21. The Bertz CT molecular complexity index is 662. The Kier molecular flexibility index (Phi) is 4.53. The van der Waals surface area contributed by atoms with Crippen LogP contribution in [0.4, 0.5) is 0 Å². The molecule has 0 unspecified atom stereocenters. The van der Waals surface area contributed by atoms with E-state index in [9.17, 15) is 4.79 Å². The first-order chi connectivity index (χ1) is 9.56. The lowest BCUT2D eigenvalue weighted by atomic mass is 10.2. The molecule has 0 atom stereocenters. The fraction of sp³-hybridized carbons (Fsp3) is 0.200. The Morgan fingerprint density at radius 1 is 1.30 bits per heavy atom. The Balaban J connectivity index is 1.92. The molecule has 5 heteroatoms. The average Bonchev–Trinajstić information content (AvgIpc) is 2.42. The van der Waals surface area contributed by atoms with Gasteiger partial charge in [0, 0.05) is 17.8 Å². The highest BCUT2D eigenvalue weighted by atomic mass is 32.1. The topological polar surface area (TPSA) is 57.2 Å². The van der Waals surface area contributed by atoms with Gasteiger partial charge in [-0.2, -0.15) is 0 Å². The number of pyridine rings is 1. The Morgan fingerprint density at radius 2 is 2.00 bits per heavy atom. The molecule has 1 heterocycles. The zero-order valence-electron chi connectivity index (χ0n) is 11.2. The largest absolute Gasteiger partial charge is 0.492 e. The van der Waals surface area contributed by atoms with Gasteiger partial charge < -0.3 is 15.0 Å². The summed E-state index contributed by atoms with van der Waals surface area (Å²) in [5.74, 6) is 0.727. The van der Waals surface area contributed by atoms with Crippen LogP contribution in [0.15, 0.2) is 47.4 Å². The maximum absolute atomic E-state index is 11.7. The highest BCUT2D eigenvalue weighted by Gasteiger charge is 1.99. The lowest BCUT2D eigenvalue weighted by molar-refractivity contribution is 0.296. The van der Waals surface area contributed by atoms with Crippen LogP contribution in [0, 0.1) is 6.92 Å². The fourth-order valence-electron chi connectivity index (χ4n) is 1.77.